The Balaban J connectivity index is 2.04. The molecule has 2 rings (SSSR count). The topological polar surface area (TPSA) is 62.3 Å². The molecule has 118 valence electrons. The van der Waals surface area contributed by atoms with Gasteiger partial charge in [0.15, 0.2) is 0 Å². The van der Waals surface area contributed by atoms with E-state index >= 15 is 0 Å². The number of sulfonamides is 1. The minimum Gasteiger partial charge on any atom is -0.312 e. The van der Waals surface area contributed by atoms with Crippen LogP contribution >= 0.6 is 0 Å². The number of pyridine rings is 1. The monoisotopic (exact) mass is 311 g/mol. The molecule has 1 aromatic heterocycles. The summed E-state index contributed by atoms with van der Waals surface area (Å²) in [5, 5.41) is 3.47. The highest BCUT2D eigenvalue weighted by Crippen LogP contribution is 2.23. The van der Waals surface area contributed by atoms with Gasteiger partial charge in [0, 0.05) is 31.0 Å². The van der Waals surface area contributed by atoms with Gasteiger partial charge in [-0.15, -0.1) is 0 Å². The summed E-state index contributed by atoms with van der Waals surface area (Å²) in [7, 11) is -3.41. The summed E-state index contributed by atoms with van der Waals surface area (Å²) in [5.74, 6) is 0.365. The number of nitrogens with zero attached hydrogens (tertiary/aromatic N) is 2. The lowest BCUT2D eigenvalue weighted by molar-refractivity contribution is 0.245. The van der Waals surface area contributed by atoms with Crippen LogP contribution in [0.5, 0.6) is 0 Å². The third-order valence-corrected chi connectivity index (χ3v) is 5.52. The van der Waals surface area contributed by atoms with Gasteiger partial charge >= 0.3 is 0 Å². The summed E-state index contributed by atoms with van der Waals surface area (Å²) < 4.78 is 26.8. The predicted octanol–water partition coefficient (Wildman–Crippen LogP) is 1.87. The summed E-state index contributed by atoms with van der Waals surface area (Å²) in [6, 6.07) is 3.27. The van der Waals surface area contributed by atoms with Gasteiger partial charge in [0.05, 0.1) is 0 Å². The standard InChI is InChI=1S/C15H25N3O2S/c1-15(2,3)17-10-13-6-5-9-18(12-13)21(19,20)14-7-4-8-16-11-14/h4,7-8,11,13,17H,5-6,9-10,12H2,1-3H3. The highest BCUT2D eigenvalue weighted by atomic mass is 32.2. The molecule has 1 saturated heterocycles. The van der Waals surface area contributed by atoms with Crippen molar-refractivity contribution in [2.24, 2.45) is 5.92 Å². The molecule has 1 aliphatic heterocycles. The van der Waals surface area contributed by atoms with Gasteiger partial charge in [-0.25, -0.2) is 8.42 Å². The lowest BCUT2D eigenvalue weighted by atomic mass is 9.98. The number of piperidine rings is 1. The first-order valence-corrected chi connectivity index (χ1v) is 8.88. The van der Waals surface area contributed by atoms with Gasteiger partial charge in [0.1, 0.15) is 4.90 Å². The molecule has 0 radical (unpaired) electrons. The van der Waals surface area contributed by atoms with E-state index in [1.165, 1.54) is 6.20 Å². The average Bonchev–Trinajstić information content (AvgIpc) is 2.46. The second-order valence-electron chi connectivity index (χ2n) is 6.69. The zero-order valence-corrected chi connectivity index (χ0v) is 13.9. The quantitative estimate of drug-likeness (QED) is 0.922. The van der Waals surface area contributed by atoms with E-state index < -0.39 is 10.0 Å². The number of aromatic nitrogens is 1. The molecule has 0 bridgehead atoms. The van der Waals surface area contributed by atoms with Crippen LogP contribution < -0.4 is 5.32 Å². The summed E-state index contributed by atoms with van der Waals surface area (Å²) in [4.78, 5) is 4.20. The number of hydrogen-bond donors (Lipinski definition) is 1. The second-order valence-corrected chi connectivity index (χ2v) is 8.63. The Labute approximate surface area is 127 Å². The SMILES string of the molecule is CC(C)(C)NCC1CCCN(S(=O)(=O)c2cccnc2)C1. The molecular formula is C15H25N3O2S. The third kappa shape index (κ3) is 4.49. The van der Waals surface area contributed by atoms with Crippen molar-refractivity contribution >= 4 is 10.0 Å². The van der Waals surface area contributed by atoms with Crippen LogP contribution in [0, 0.1) is 5.92 Å². The summed E-state index contributed by atoms with van der Waals surface area (Å²) in [6.07, 6.45) is 5.00. The minimum atomic E-state index is -3.41. The highest BCUT2D eigenvalue weighted by molar-refractivity contribution is 7.89. The van der Waals surface area contributed by atoms with Crippen LogP contribution in [0.4, 0.5) is 0 Å². The highest BCUT2D eigenvalue weighted by Gasteiger charge is 2.30. The molecule has 1 N–H and O–H groups in total. The van der Waals surface area contributed by atoms with Gasteiger partial charge in [-0.05, 0) is 58.2 Å². The molecule has 1 fully saturated rings. The van der Waals surface area contributed by atoms with Gasteiger partial charge in [0.25, 0.3) is 0 Å². The molecular weight excluding hydrogens is 286 g/mol. The van der Waals surface area contributed by atoms with E-state index in [1.807, 2.05) is 0 Å². The molecule has 1 aliphatic rings. The maximum atomic E-state index is 12.6. The van der Waals surface area contributed by atoms with E-state index in [4.69, 9.17) is 0 Å². The number of nitrogens with one attached hydrogen (secondary N) is 1. The molecule has 21 heavy (non-hydrogen) atoms. The lowest BCUT2D eigenvalue weighted by Crippen LogP contribution is -2.46. The fourth-order valence-corrected chi connectivity index (χ4v) is 4.03. The predicted molar refractivity (Wildman–Crippen MR) is 83.5 cm³/mol. The fraction of sp³-hybridized carbons (Fsp3) is 0.667. The normalized spacial score (nSPS) is 21.4. The van der Waals surface area contributed by atoms with Gasteiger partial charge in [-0.1, -0.05) is 0 Å². The molecule has 0 aromatic carbocycles. The molecule has 0 aliphatic carbocycles. The second kappa shape index (κ2) is 6.42. The molecule has 0 spiro atoms. The zero-order chi connectivity index (χ0) is 15.5. The summed E-state index contributed by atoms with van der Waals surface area (Å²) in [5.41, 5.74) is 0.0600. The molecule has 1 aromatic rings. The smallest absolute Gasteiger partial charge is 0.244 e. The van der Waals surface area contributed by atoms with Crippen LogP contribution in [0.2, 0.25) is 0 Å². The Hall–Kier alpha value is -0.980. The van der Waals surface area contributed by atoms with Gasteiger partial charge in [0.2, 0.25) is 10.0 Å². The van der Waals surface area contributed by atoms with Crippen LogP contribution in [0.15, 0.2) is 29.4 Å². The van der Waals surface area contributed by atoms with Gasteiger partial charge in [-0.2, -0.15) is 4.31 Å². The largest absolute Gasteiger partial charge is 0.312 e. The number of hydrogen-bond acceptors (Lipinski definition) is 4. The van der Waals surface area contributed by atoms with Crippen molar-refractivity contribution in [1.82, 2.24) is 14.6 Å². The first kappa shape index (κ1) is 16.4. The molecule has 2 heterocycles. The van der Waals surface area contributed by atoms with E-state index in [9.17, 15) is 8.42 Å². The first-order chi connectivity index (χ1) is 9.79. The van der Waals surface area contributed by atoms with E-state index in [-0.39, 0.29) is 10.4 Å². The average molecular weight is 311 g/mol. The Kier molecular flexibility index (Phi) is 5.01. The molecule has 5 nitrogen and oxygen atoms in total. The van der Waals surface area contributed by atoms with E-state index in [0.717, 1.165) is 19.4 Å². The van der Waals surface area contributed by atoms with Crippen molar-refractivity contribution in [1.29, 1.82) is 0 Å². The molecule has 6 heteroatoms. The summed E-state index contributed by atoms with van der Waals surface area (Å²) in [6.45, 7) is 8.41. The van der Waals surface area contributed by atoms with Crippen LogP contribution in [-0.4, -0.2) is 42.9 Å². The third-order valence-electron chi connectivity index (χ3n) is 3.67. The van der Waals surface area contributed by atoms with E-state index in [1.54, 1.807) is 22.6 Å². The first-order valence-electron chi connectivity index (χ1n) is 7.44. The summed E-state index contributed by atoms with van der Waals surface area (Å²) >= 11 is 0. The molecule has 0 saturated carbocycles. The Morgan fingerprint density at radius 2 is 2.19 bits per heavy atom. The molecule has 0 amide bonds. The van der Waals surface area contributed by atoms with Crippen molar-refractivity contribution in [3.05, 3.63) is 24.5 Å². The lowest BCUT2D eigenvalue weighted by Gasteiger charge is -2.33. The van der Waals surface area contributed by atoms with Crippen LogP contribution in [0.1, 0.15) is 33.6 Å². The van der Waals surface area contributed by atoms with Crippen LogP contribution in [0.25, 0.3) is 0 Å². The zero-order valence-electron chi connectivity index (χ0n) is 13.0. The van der Waals surface area contributed by atoms with E-state index in [2.05, 4.69) is 31.1 Å². The molecule has 1 unspecified atom stereocenters. The maximum Gasteiger partial charge on any atom is 0.244 e. The number of rotatable bonds is 4. The van der Waals surface area contributed by atoms with E-state index in [0.29, 0.717) is 19.0 Å². The van der Waals surface area contributed by atoms with Crippen molar-refractivity contribution in [3.63, 3.8) is 0 Å². The van der Waals surface area contributed by atoms with Crippen LogP contribution in [0.3, 0.4) is 0 Å². The Morgan fingerprint density at radius 3 is 2.81 bits per heavy atom. The van der Waals surface area contributed by atoms with Crippen molar-refractivity contribution < 1.29 is 8.42 Å². The maximum absolute atomic E-state index is 12.6. The Bertz CT molecular complexity index is 552. The van der Waals surface area contributed by atoms with Crippen molar-refractivity contribution in [2.45, 2.75) is 44.0 Å². The minimum absolute atomic E-state index is 0.0600. The molecule has 1 atom stereocenters. The van der Waals surface area contributed by atoms with Gasteiger partial charge < -0.3 is 5.32 Å². The van der Waals surface area contributed by atoms with Crippen molar-refractivity contribution in [2.75, 3.05) is 19.6 Å². The van der Waals surface area contributed by atoms with Crippen LogP contribution in [-0.2, 0) is 10.0 Å². The van der Waals surface area contributed by atoms with Crippen molar-refractivity contribution in [3.8, 4) is 0 Å². The fourth-order valence-electron chi connectivity index (χ4n) is 2.51. The Morgan fingerprint density at radius 1 is 1.43 bits per heavy atom. The van der Waals surface area contributed by atoms with Gasteiger partial charge in [-0.3, -0.25) is 4.98 Å².